The lowest BCUT2D eigenvalue weighted by atomic mass is 9.99. The Morgan fingerprint density at radius 1 is 1.26 bits per heavy atom. The maximum Gasteiger partial charge on any atom is 0.289 e. The van der Waals surface area contributed by atoms with E-state index >= 15 is 0 Å². The number of aromatic hydroxyl groups is 1. The van der Waals surface area contributed by atoms with Gasteiger partial charge in [0.25, 0.3) is 5.92 Å². The van der Waals surface area contributed by atoms with Crippen molar-refractivity contribution >= 4 is 12.4 Å². The highest BCUT2D eigenvalue weighted by molar-refractivity contribution is 5.85. The van der Waals surface area contributed by atoms with E-state index in [0.717, 1.165) is 12.1 Å². The quantitative estimate of drug-likeness (QED) is 0.766. The summed E-state index contributed by atoms with van der Waals surface area (Å²) in [6.07, 6.45) is 0. The molecule has 110 valence electrons. The predicted octanol–water partition coefficient (Wildman–Crippen LogP) is 1.46. The fourth-order valence-electron chi connectivity index (χ4n) is 1.54. The minimum atomic E-state index is -3.53. The lowest BCUT2D eigenvalue weighted by Gasteiger charge is -2.25. The average Bonchev–Trinajstić information content (AvgIpc) is 2.36. The van der Waals surface area contributed by atoms with E-state index in [1.54, 1.807) is 0 Å². The molecule has 0 aliphatic heterocycles. The third kappa shape index (κ3) is 3.59. The summed E-state index contributed by atoms with van der Waals surface area (Å²) in [6, 6.07) is 0.476. The van der Waals surface area contributed by atoms with Gasteiger partial charge in [0.05, 0.1) is 19.8 Å². The molecule has 8 heteroatoms. The Morgan fingerprint density at radius 2 is 1.68 bits per heavy atom. The largest absolute Gasteiger partial charge is 0.508 e. The van der Waals surface area contributed by atoms with Gasteiger partial charge < -0.3 is 25.4 Å². The van der Waals surface area contributed by atoms with E-state index in [2.05, 4.69) is 0 Å². The van der Waals surface area contributed by atoms with Gasteiger partial charge in [-0.3, -0.25) is 0 Å². The molecular weight excluding hydrogens is 284 g/mol. The summed E-state index contributed by atoms with van der Waals surface area (Å²) >= 11 is 0. The molecule has 0 heterocycles. The summed E-state index contributed by atoms with van der Waals surface area (Å²) < 4.78 is 36.6. The van der Waals surface area contributed by atoms with E-state index in [0.29, 0.717) is 0 Å². The van der Waals surface area contributed by atoms with Crippen LogP contribution in [0, 0.1) is 0 Å². The van der Waals surface area contributed by atoms with E-state index in [4.69, 9.17) is 20.3 Å². The maximum absolute atomic E-state index is 13.4. The van der Waals surface area contributed by atoms with Crippen molar-refractivity contribution < 1.29 is 28.5 Å². The SMILES string of the molecule is COc1cc(O)cc(OC)c1[C@H](N)C(F)(F)CO.Cl. The molecule has 0 aromatic heterocycles. The number of aliphatic hydroxyl groups excluding tert-OH is 1. The molecule has 0 amide bonds. The molecule has 19 heavy (non-hydrogen) atoms. The van der Waals surface area contributed by atoms with Crippen LogP contribution < -0.4 is 15.2 Å². The fraction of sp³-hybridized carbons (Fsp3) is 0.455. The van der Waals surface area contributed by atoms with Crippen molar-refractivity contribution in [2.24, 2.45) is 5.73 Å². The van der Waals surface area contributed by atoms with Gasteiger partial charge in [0.1, 0.15) is 29.9 Å². The molecule has 0 saturated heterocycles. The van der Waals surface area contributed by atoms with Crippen molar-refractivity contribution in [1.29, 1.82) is 0 Å². The van der Waals surface area contributed by atoms with E-state index in [1.807, 2.05) is 0 Å². The average molecular weight is 300 g/mol. The molecule has 1 aromatic carbocycles. The fourth-order valence-corrected chi connectivity index (χ4v) is 1.54. The van der Waals surface area contributed by atoms with Crippen LogP contribution in [0.3, 0.4) is 0 Å². The van der Waals surface area contributed by atoms with Gasteiger partial charge in [0, 0.05) is 12.1 Å². The molecule has 0 aliphatic rings. The second-order valence-electron chi connectivity index (χ2n) is 3.66. The molecule has 0 spiro atoms. The monoisotopic (exact) mass is 299 g/mol. The maximum atomic E-state index is 13.4. The molecule has 0 bridgehead atoms. The van der Waals surface area contributed by atoms with Gasteiger partial charge in [0.15, 0.2) is 0 Å². The van der Waals surface area contributed by atoms with Gasteiger partial charge in [-0.05, 0) is 0 Å². The molecule has 0 aliphatic carbocycles. The topological polar surface area (TPSA) is 84.9 Å². The van der Waals surface area contributed by atoms with Gasteiger partial charge in [-0.1, -0.05) is 0 Å². The molecule has 1 rings (SSSR count). The Morgan fingerprint density at radius 3 is 2.00 bits per heavy atom. The van der Waals surface area contributed by atoms with Crippen LogP contribution in [0.15, 0.2) is 12.1 Å². The number of halogens is 3. The van der Waals surface area contributed by atoms with Crippen LogP contribution >= 0.6 is 12.4 Å². The lowest BCUT2D eigenvalue weighted by molar-refractivity contribution is -0.0719. The molecule has 0 fully saturated rings. The first-order valence-electron chi connectivity index (χ1n) is 5.06. The van der Waals surface area contributed by atoms with Gasteiger partial charge in [-0.15, -0.1) is 12.4 Å². The molecule has 0 radical (unpaired) electrons. The summed E-state index contributed by atoms with van der Waals surface area (Å²) in [4.78, 5) is 0. The zero-order valence-corrected chi connectivity index (χ0v) is 11.2. The third-order valence-electron chi connectivity index (χ3n) is 2.51. The highest BCUT2D eigenvalue weighted by Crippen LogP contribution is 2.42. The molecule has 1 aromatic rings. The number of hydrogen-bond donors (Lipinski definition) is 3. The number of alkyl halides is 2. The van der Waals surface area contributed by atoms with Crippen molar-refractivity contribution in [1.82, 2.24) is 0 Å². The standard InChI is InChI=1S/C11H15F2NO4.ClH/c1-17-7-3-6(16)4-8(18-2)9(7)10(14)11(12,13)5-15;/h3-4,10,15-16H,5,14H2,1-2H3;1H/t10-;/m0./s1. The number of ether oxygens (including phenoxy) is 2. The predicted molar refractivity (Wildman–Crippen MR) is 67.4 cm³/mol. The normalized spacial score (nSPS) is 12.5. The second kappa shape index (κ2) is 6.74. The zero-order chi connectivity index (χ0) is 13.9. The highest BCUT2D eigenvalue weighted by Gasteiger charge is 2.40. The number of phenolic OH excluding ortho intramolecular Hbond substituents is 1. The van der Waals surface area contributed by atoms with E-state index in [-0.39, 0.29) is 35.2 Å². The van der Waals surface area contributed by atoms with Crippen molar-refractivity contribution in [2.75, 3.05) is 20.8 Å². The number of rotatable bonds is 5. The highest BCUT2D eigenvalue weighted by atomic mass is 35.5. The lowest BCUT2D eigenvalue weighted by Crippen LogP contribution is -2.36. The zero-order valence-electron chi connectivity index (χ0n) is 10.4. The van der Waals surface area contributed by atoms with Crippen molar-refractivity contribution in [3.8, 4) is 17.2 Å². The number of benzene rings is 1. The van der Waals surface area contributed by atoms with Gasteiger partial charge in [-0.25, -0.2) is 8.78 Å². The Hall–Kier alpha value is -1.31. The minimum absolute atomic E-state index is 0. The third-order valence-corrected chi connectivity index (χ3v) is 2.51. The van der Waals surface area contributed by atoms with Crippen LogP contribution in [-0.4, -0.2) is 37.0 Å². The Labute approximate surface area is 115 Å². The second-order valence-corrected chi connectivity index (χ2v) is 3.66. The summed E-state index contributed by atoms with van der Waals surface area (Å²) in [6.45, 7) is -1.40. The smallest absolute Gasteiger partial charge is 0.289 e. The van der Waals surface area contributed by atoms with Crippen LogP contribution in [-0.2, 0) is 0 Å². The Bertz CT molecular complexity index is 406. The number of methoxy groups -OCH3 is 2. The van der Waals surface area contributed by atoms with E-state index < -0.39 is 18.6 Å². The first kappa shape index (κ1) is 17.7. The van der Waals surface area contributed by atoms with E-state index in [1.165, 1.54) is 14.2 Å². The van der Waals surface area contributed by atoms with E-state index in [9.17, 15) is 13.9 Å². The number of hydrogen-bond acceptors (Lipinski definition) is 5. The van der Waals surface area contributed by atoms with Crippen LogP contribution in [0.25, 0.3) is 0 Å². The van der Waals surface area contributed by atoms with Gasteiger partial charge in [0.2, 0.25) is 0 Å². The summed E-state index contributed by atoms with van der Waals surface area (Å²) in [7, 11) is 2.50. The van der Waals surface area contributed by atoms with Gasteiger partial charge in [-0.2, -0.15) is 0 Å². The first-order chi connectivity index (χ1) is 8.37. The number of phenols is 1. The molecule has 1 atom stereocenters. The van der Waals surface area contributed by atoms with Crippen molar-refractivity contribution in [3.63, 3.8) is 0 Å². The van der Waals surface area contributed by atoms with Crippen molar-refractivity contribution in [2.45, 2.75) is 12.0 Å². The first-order valence-corrected chi connectivity index (χ1v) is 5.06. The van der Waals surface area contributed by atoms with Crippen LogP contribution in [0.1, 0.15) is 11.6 Å². The Kier molecular flexibility index (Phi) is 6.28. The summed E-state index contributed by atoms with van der Waals surface area (Å²) in [5.41, 5.74) is 5.32. The Balaban J connectivity index is 0.00000324. The van der Waals surface area contributed by atoms with Crippen LogP contribution in [0.5, 0.6) is 17.2 Å². The summed E-state index contributed by atoms with van der Waals surface area (Å²) in [5.74, 6) is -3.80. The molecule has 0 unspecified atom stereocenters. The molecule has 4 N–H and O–H groups in total. The minimum Gasteiger partial charge on any atom is -0.508 e. The van der Waals surface area contributed by atoms with Crippen LogP contribution in [0.2, 0.25) is 0 Å². The number of nitrogens with two attached hydrogens (primary N) is 1. The number of aliphatic hydroxyl groups is 1. The summed E-state index contributed by atoms with van der Waals surface area (Å²) in [5, 5.41) is 18.0. The molecular formula is C11H16ClF2NO4. The van der Waals surface area contributed by atoms with Gasteiger partial charge >= 0.3 is 0 Å². The molecule has 0 saturated carbocycles. The molecule has 5 nitrogen and oxygen atoms in total. The van der Waals surface area contributed by atoms with Crippen molar-refractivity contribution in [3.05, 3.63) is 17.7 Å². The van der Waals surface area contributed by atoms with Crippen LogP contribution in [0.4, 0.5) is 8.78 Å².